The van der Waals surface area contributed by atoms with Crippen molar-refractivity contribution in [1.29, 1.82) is 0 Å². The molecule has 0 unspecified atom stereocenters. The van der Waals surface area contributed by atoms with Gasteiger partial charge in [-0.15, -0.1) is 11.3 Å². The molecule has 1 rings (SSSR count). The maximum Gasteiger partial charge on any atom is 0.220 e. The van der Waals surface area contributed by atoms with E-state index in [0.717, 1.165) is 23.7 Å². The predicted molar refractivity (Wildman–Crippen MR) is 69.2 cm³/mol. The lowest BCUT2D eigenvalue weighted by Gasteiger charge is -2.03. The number of rotatable bonds is 7. The van der Waals surface area contributed by atoms with Gasteiger partial charge in [0.2, 0.25) is 5.91 Å². The lowest BCUT2D eigenvalue weighted by atomic mass is 10.3. The molecule has 0 saturated carbocycles. The topological polar surface area (TPSA) is 41.1 Å². The second-order valence-electron chi connectivity index (χ2n) is 3.51. The monoisotopic (exact) mass is 260 g/mol. The zero-order valence-corrected chi connectivity index (χ0v) is 11.0. The molecule has 0 atom stereocenters. The molecule has 0 aromatic carbocycles. The molecule has 0 aliphatic carbocycles. The summed E-state index contributed by atoms with van der Waals surface area (Å²) in [6.07, 6.45) is 2.33. The fourth-order valence-corrected chi connectivity index (χ4v) is 2.41. The fourth-order valence-electron chi connectivity index (χ4n) is 1.33. The highest BCUT2D eigenvalue weighted by Gasteiger charge is 2.01. The zero-order chi connectivity index (χ0) is 11.8. The molecule has 1 amide bonds. The first kappa shape index (κ1) is 13.5. The van der Waals surface area contributed by atoms with Gasteiger partial charge < -0.3 is 10.6 Å². The van der Waals surface area contributed by atoms with E-state index in [-0.39, 0.29) is 5.91 Å². The van der Waals surface area contributed by atoms with Gasteiger partial charge in [0.05, 0.1) is 4.34 Å². The lowest BCUT2D eigenvalue weighted by molar-refractivity contribution is -0.121. The summed E-state index contributed by atoms with van der Waals surface area (Å²) in [7, 11) is 1.89. The van der Waals surface area contributed by atoms with Crippen molar-refractivity contribution in [2.24, 2.45) is 0 Å². The van der Waals surface area contributed by atoms with Crippen molar-refractivity contribution in [2.45, 2.75) is 19.3 Å². The molecule has 3 nitrogen and oxygen atoms in total. The molecule has 90 valence electrons. The first-order chi connectivity index (χ1) is 7.72. The summed E-state index contributed by atoms with van der Waals surface area (Å²) in [4.78, 5) is 12.6. The Morgan fingerprint density at radius 2 is 2.25 bits per heavy atom. The smallest absolute Gasteiger partial charge is 0.220 e. The minimum atomic E-state index is 0.123. The third-order valence-corrected chi connectivity index (χ3v) is 3.44. The van der Waals surface area contributed by atoms with Gasteiger partial charge in [0.1, 0.15) is 0 Å². The van der Waals surface area contributed by atoms with Crippen molar-refractivity contribution in [3.05, 3.63) is 21.3 Å². The third-order valence-electron chi connectivity index (χ3n) is 2.15. The van der Waals surface area contributed by atoms with Gasteiger partial charge in [-0.3, -0.25) is 4.79 Å². The average Bonchev–Trinajstić information content (AvgIpc) is 2.65. The van der Waals surface area contributed by atoms with Crippen LogP contribution in [0.3, 0.4) is 0 Å². The number of halogens is 1. The molecule has 1 aromatic rings. The minimum absolute atomic E-state index is 0.123. The Bertz CT molecular complexity index is 328. The summed E-state index contributed by atoms with van der Waals surface area (Å²) in [5, 5.41) is 5.91. The highest BCUT2D eigenvalue weighted by atomic mass is 35.5. The number of amides is 1. The van der Waals surface area contributed by atoms with Crippen LogP contribution in [0.1, 0.15) is 17.7 Å². The average molecular weight is 261 g/mol. The molecule has 0 radical (unpaired) electrons. The van der Waals surface area contributed by atoms with Crippen LogP contribution < -0.4 is 10.6 Å². The molecular formula is C11H17ClN2OS. The fraction of sp³-hybridized carbons (Fsp3) is 0.545. The van der Waals surface area contributed by atoms with Gasteiger partial charge in [-0.2, -0.15) is 0 Å². The summed E-state index contributed by atoms with van der Waals surface area (Å²) in [5.41, 5.74) is 0. The highest BCUT2D eigenvalue weighted by molar-refractivity contribution is 7.16. The van der Waals surface area contributed by atoms with Crippen molar-refractivity contribution >= 4 is 28.8 Å². The van der Waals surface area contributed by atoms with Crippen molar-refractivity contribution < 1.29 is 4.79 Å². The van der Waals surface area contributed by atoms with Crippen molar-refractivity contribution in [3.8, 4) is 0 Å². The summed E-state index contributed by atoms with van der Waals surface area (Å²) >= 11 is 7.38. The van der Waals surface area contributed by atoms with Crippen LogP contribution in [-0.2, 0) is 11.2 Å². The molecule has 2 N–H and O–H groups in total. The number of thiophene rings is 1. The molecule has 16 heavy (non-hydrogen) atoms. The normalized spacial score (nSPS) is 10.4. The Kier molecular flexibility index (Phi) is 6.45. The van der Waals surface area contributed by atoms with Gasteiger partial charge in [-0.1, -0.05) is 11.6 Å². The van der Waals surface area contributed by atoms with E-state index in [1.165, 1.54) is 4.88 Å². The van der Waals surface area contributed by atoms with E-state index in [1.54, 1.807) is 11.3 Å². The maximum atomic E-state index is 11.4. The van der Waals surface area contributed by atoms with E-state index in [4.69, 9.17) is 11.6 Å². The van der Waals surface area contributed by atoms with Gasteiger partial charge in [-0.05, 0) is 38.6 Å². The molecule has 0 aliphatic heterocycles. The van der Waals surface area contributed by atoms with E-state index < -0.39 is 0 Å². The summed E-state index contributed by atoms with van der Waals surface area (Å²) in [5.74, 6) is 0.123. The lowest BCUT2D eigenvalue weighted by Crippen LogP contribution is -2.26. The summed E-state index contributed by atoms with van der Waals surface area (Å²) < 4.78 is 0.801. The van der Waals surface area contributed by atoms with E-state index in [9.17, 15) is 4.79 Å². The van der Waals surface area contributed by atoms with Crippen LogP contribution in [0.2, 0.25) is 4.34 Å². The van der Waals surface area contributed by atoms with E-state index in [2.05, 4.69) is 10.6 Å². The Labute approximate surface area is 105 Å². The number of carbonyl (C=O) groups is 1. The van der Waals surface area contributed by atoms with Crippen LogP contribution >= 0.6 is 22.9 Å². The van der Waals surface area contributed by atoms with Gasteiger partial charge in [-0.25, -0.2) is 0 Å². The molecule has 0 aliphatic rings. The molecule has 1 aromatic heterocycles. The standard InChI is InChI=1S/C11H17ClN2OS/c1-13-7-2-3-11(15)14-8-6-9-4-5-10(12)16-9/h4-5,13H,2-3,6-8H2,1H3,(H,14,15). The number of hydrogen-bond acceptors (Lipinski definition) is 3. The first-order valence-electron chi connectivity index (χ1n) is 5.38. The van der Waals surface area contributed by atoms with Crippen LogP contribution in [0.4, 0.5) is 0 Å². The van der Waals surface area contributed by atoms with Crippen LogP contribution in [0.15, 0.2) is 12.1 Å². The second-order valence-corrected chi connectivity index (χ2v) is 5.31. The summed E-state index contributed by atoms with van der Waals surface area (Å²) in [6.45, 7) is 1.57. The zero-order valence-electron chi connectivity index (χ0n) is 9.38. The van der Waals surface area contributed by atoms with Crippen LogP contribution in [0.5, 0.6) is 0 Å². The molecule has 1 heterocycles. The van der Waals surface area contributed by atoms with Gasteiger partial charge in [0.15, 0.2) is 0 Å². The first-order valence-corrected chi connectivity index (χ1v) is 6.57. The minimum Gasteiger partial charge on any atom is -0.356 e. The molecular weight excluding hydrogens is 244 g/mol. The van der Waals surface area contributed by atoms with Crippen LogP contribution in [0.25, 0.3) is 0 Å². The van der Waals surface area contributed by atoms with Crippen molar-refractivity contribution in [1.82, 2.24) is 10.6 Å². The van der Waals surface area contributed by atoms with E-state index in [0.29, 0.717) is 13.0 Å². The quantitative estimate of drug-likeness (QED) is 0.737. The Hall–Kier alpha value is -0.580. The summed E-state index contributed by atoms with van der Waals surface area (Å²) in [6, 6.07) is 3.89. The van der Waals surface area contributed by atoms with Crippen LogP contribution in [-0.4, -0.2) is 26.0 Å². The van der Waals surface area contributed by atoms with E-state index >= 15 is 0 Å². The van der Waals surface area contributed by atoms with Crippen molar-refractivity contribution in [2.75, 3.05) is 20.1 Å². The van der Waals surface area contributed by atoms with Gasteiger partial charge in [0.25, 0.3) is 0 Å². The van der Waals surface area contributed by atoms with Crippen LogP contribution in [0, 0.1) is 0 Å². The number of nitrogens with one attached hydrogen (secondary N) is 2. The Morgan fingerprint density at radius 3 is 2.88 bits per heavy atom. The highest BCUT2D eigenvalue weighted by Crippen LogP contribution is 2.21. The SMILES string of the molecule is CNCCCC(=O)NCCc1ccc(Cl)s1. The van der Waals surface area contributed by atoms with Gasteiger partial charge in [0, 0.05) is 17.8 Å². The molecule has 0 fully saturated rings. The molecule has 5 heteroatoms. The molecule has 0 saturated heterocycles. The predicted octanol–water partition coefficient (Wildman–Crippen LogP) is 2.06. The number of carbonyl (C=O) groups excluding carboxylic acids is 1. The molecule has 0 spiro atoms. The second kappa shape index (κ2) is 7.65. The Balaban J connectivity index is 2.08. The van der Waals surface area contributed by atoms with E-state index in [1.807, 2.05) is 19.2 Å². The molecule has 0 bridgehead atoms. The Morgan fingerprint density at radius 1 is 1.44 bits per heavy atom. The maximum absolute atomic E-state index is 11.4. The third kappa shape index (κ3) is 5.49. The largest absolute Gasteiger partial charge is 0.356 e. The number of hydrogen-bond donors (Lipinski definition) is 2. The van der Waals surface area contributed by atoms with Crippen molar-refractivity contribution in [3.63, 3.8) is 0 Å². The van der Waals surface area contributed by atoms with Gasteiger partial charge >= 0.3 is 0 Å².